The molecule has 0 aliphatic heterocycles. The van der Waals surface area contributed by atoms with Crippen LogP contribution in [-0.4, -0.2) is 6.29 Å². The van der Waals surface area contributed by atoms with Gasteiger partial charge in [0, 0.05) is 0 Å². The topological polar surface area (TPSA) is 40.9 Å². The molecule has 0 aromatic heterocycles. The lowest BCUT2D eigenvalue weighted by Crippen LogP contribution is -1.96. The lowest BCUT2D eigenvalue weighted by molar-refractivity contribution is 0.111. The summed E-state index contributed by atoms with van der Waals surface area (Å²) in [5, 5.41) is 8.20. The highest BCUT2D eigenvalue weighted by Gasteiger charge is 2.10. The molecule has 0 aliphatic rings. The van der Waals surface area contributed by atoms with Crippen LogP contribution in [0.3, 0.4) is 0 Å². The van der Waals surface area contributed by atoms with E-state index in [1.165, 1.54) is 0 Å². The van der Waals surface area contributed by atoms with E-state index in [2.05, 4.69) is 11.8 Å². The van der Waals surface area contributed by atoms with E-state index in [1.54, 1.807) is 6.07 Å². The van der Waals surface area contributed by atoms with Crippen molar-refractivity contribution >= 4 is 6.29 Å². The molecule has 1 aromatic carbocycles. The second-order valence-electron chi connectivity index (χ2n) is 2.58. The summed E-state index contributed by atoms with van der Waals surface area (Å²) in [7, 11) is 0. The minimum Gasteiger partial charge on any atom is -0.298 e. The summed E-state index contributed by atoms with van der Waals surface area (Å²) in [6.45, 7) is 0. The van der Waals surface area contributed by atoms with Crippen molar-refractivity contribution in [3.05, 3.63) is 34.9 Å². The lowest BCUT2D eigenvalue weighted by atomic mass is 10.1. The Bertz CT molecular complexity index is 492. The maximum atomic E-state index is 13.3. The zero-order valence-electron chi connectivity index (χ0n) is 7.55. The van der Waals surface area contributed by atoms with Crippen LogP contribution in [0.15, 0.2) is 12.1 Å². The van der Waals surface area contributed by atoms with E-state index in [0.717, 1.165) is 12.1 Å². The van der Waals surface area contributed by atoms with Crippen molar-refractivity contribution in [1.82, 2.24) is 0 Å². The second-order valence-corrected chi connectivity index (χ2v) is 2.58. The van der Waals surface area contributed by atoms with Gasteiger partial charge in [-0.05, 0) is 12.1 Å². The van der Waals surface area contributed by atoms with E-state index >= 15 is 0 Å². The fraction of sp³-hybridized carbons (Fsp3) is 0.0909. The monoisotopic (exact) mass is 205 g/mol. The number of hydrogen-bond acceptors (Lipinski definition) is 2. The predicted molar refractivity (Wildman–Crippen MR) is 48.9 cm³/mol. The number of halogens is 2. The van der Waals surface area contributed by atoms with Gasteiger partial charge in [0.1, 0.15) is 5.82 Å². The molecule has 0 saturated carbocycles. The van der Waals surface area contributed by atoms with Gasteiger partial charge in [0.2, 0.25) is 0 Å². The number of carbonyl (C=O) groups excluding carboxylic acids is 1. The fourth-order valence-corrected chi connectivity index (χ4v) is 0.953. The summed E-state index contributed by atoms with van der Waals surface area (Å²) in [6, 6.07) is 3.85. The van der Waals surface area contributed by atoms with Crippen LogP contribution >= 0.6 is 0 Å². The average molecular weight is 205 g/mol. The molecule has 2 nitrogen and oxygen atoms in total. The molecule has 0 spiro atoms. The van der Waals surface area contributed by atoms with Gasteiger partial charge in [-0.2, -0.15) is 5.26 Å². The summed E-state index contributed by atoms with van der Waals surface area (Å²) in [6.07, 6.45) is 0.0490. The number of benzene rings is 1. The SMILES string of the molecule is N#CCC#Cc1ccc(F)c(C=O)c1F. The number of nitrogens with zero attached hydrogens (tertiary/aromatic N) is 1. The molecule has 74 valence electrons. The van der Waals surface area contributed by atoms with Crippen LogP contribution in [0.4, 0.5) is 8.78 Å². The molecule has 1 rings (SSSR count). The van der Waals surface area contributed by atoms with Crippen molar-refractivity contribution in [3.8, 4) is 17.9 Å². The summed E-state index contributed by atoms with van der Waals surface area (Å²) in [5.74, 6) is 2.80. The lowest BCUT2D eigenvalue weighted by Gasteiger charge is -1.98. The first-order chi connectivity index (χ1) is 7.20. The highest BCUT2D eigenvalue weighted by Crippen LogP contribution is 2.14. The Kier molecular flexibility index (Phi) is 3.54. The van der Waals surface area contributed by atoms with E-state index in [9.17, 15) is 13.6 Å². The molecule has 0 unspecified atom stereocenters. The number of carbonyl (C=O) groups is 1. The molecule has 0 amide bonds. The van der Waals surface area contributed by atoms with Crippen molar-refractivity contribution in [2.24, 2.45) is 0 Å². The van der Waals surface area contributed by atoms with Gasteiger partial charge in [0.05, 0.1) is 23.6 Å². The third-order valence-electron chi connectivity index (χ3n) is 1.63. The maximum Gasteiger partial charge on any atom is 0.156 e. The van der Waals surface area contributed by atoms with Gasteiger partial charge in [-0.3, -0.25) is 4.79 Å². The third-order valence-corrected chi connectivity index (χ3v) is 1.63. The quantitative estimate of drug-likeness (QED) is 0.520. The molecule has 0 aliphatic carbocycles. The number of nitriles is 1. The van der Waals surface area contributed by atoms with Crippen LogP contribution in [0, 0.1) is 34.8 Å². The summed E-state index contributed by atoms with van der Waals surface area (Å²) < 4.78 is 26.2. The predicted octanol–water partition coefficient (Wildman–Crippen LogP) is 2.04. The van der Waals surface area contributed by atoms with Gasteiger partial charge in [0.25, 0.3) is 0 Å². The van der Waals surface area contributed by atoms with Gasteiger partial charge < -0.3 is 0 Å². The summed E-state index contributed by atoms with van der Waals surface area (Å²) >= 11 is 0. The Morgan fingerprint density at radius 3 is 2.73 bits per heavy atom. The van der Waals surface area contributed by atoms with Crippen LogP contribution in [0.2, 0.25) is 0 Å². The van der Waals surface area contributed by atoms with Gasteiger partial charge >= 0.3 is 0 Å². The first-order valence-electron chi connectivity index (χ1n) is 3.99. The third kappa shape index (κ3) is 2.38. The van der Waals surface area contributed by atoms with E-state index in [-0.39, 0.29) is 18.3 Å². The highest BCUT2D eigenvalue weighted by molar-refractivity contribution is 5.76. The van der Waals surface area contributed by atoms with E-state index in [1.807, 2.05) is 0 Å². The maximum absolute atomic E-state index is 13.3. The van der Waals surface area contributed by atoms with Crippen molar-refractivity contribution < 1.29 is 13.6 Å². The Morgan fingerprint density at radius 1 is 1.40 bits per heavy atom. The van der Waals surface area contributed by atoms with Crippen LogP contribution in [-0.2, 0) is 0 Å². The first kappa shape index (κ1) is 10.9. The minimum atomic E-state index is -0.990. The molecular formula is C11H5F2NO. The Balaban J connectivity index is 3.19. The molecular weight excluding hydrogens is 200 g/mol. The van der Waals surface area contributed by atoms with Crippen molar-refractivity contribution in [1.29, 1.82) is 5.26 Å². The van der Waals surface area contributed by atoms with Gasteiger partial charge in [-0.25, -0.2) is 8.78 Å². The summed E-state index contributed by atoms with van der Waals surface area (Å²) in [4.78, 5) is 10.3. The fourth-order valence-electron chi connectivity index (χ4n) is 0.953. The molecule has 4 heteroatoms. The van der Waals surface area contributed by atoms with Gasteiger partial charge in [0.15, 0.2) is 12.1 Å². The second kappa shape index (κ2) is 4.88. The molecule has 0 atom stereocenters. The highest BCUT2D eigenvalue weighted by atomic mass is 19.1. The molecule has 0 saturated heterocycles. The molecule has 15 heavy (non-hydrogen) atoms. The average Bonchev–Trinajstić information content (AvgIpc) is 2.22. The minimum absolute atomic E-state index is 0.0484. The van der Waals surface area contributed by atoms with E-state index in [0.29, 0.717) is 0 Å². The molecule has 0 heterocycles. The van der Waals surface area contributed by atoms with Crippen LogP contribution in [0.1, 0.15) is 22.3 Å². The largest absolute Gasteiger partial charge is 0.298 e. The summed E-state index contributed by atoms with van der Waals surface area (Å²) in [5.41, 5.74) is -0.729. The Hall–Kier alpha value is -2.20. The molecule has 0 radical (unpaired) electrons. The van der Waals surface area contributed by atoms with E-state index < -0.39 is 17.2 Å². The number of aldehydes is 1. The zero-order chi connectivity index (χ0) is 11.3. The first-order valence-corrected chi connectivity index (χ1v) is 3.99. The van der Waals surface area contributed by atoms with Crippen molar-refractivity contribution in [3.63, 3.8) is 0 Å². The van der Waals surface area contributed by atoms with Crippen molar-refractivity contribution in [2.45, 2.75) is 6.42 Å². The van der Waals surface area contributed by atoms with Crippen LogP contribution < -0.4 is 0 Å². The number of hydrogen-bond donors (Lipinski definition) is 0. The Labute approximate surface area is 85.1 Å². The van der Waals surface area contributed by atoms with Crippen molar-refractivity contribution in [2.75, 3.05) is 0 Å². The zero-order valence-corrected chi connectivity index (χ0v) is 7.55. The van der Waals surface area contributed by atoms with E-state index in [4.69, 9.17) is 5.26 Å². The Morgan fingerprint density at radius 2 is 2.13 bits per heavy atom. The normalized spacial score (nSPS) is 8.60. The van der Waals surface area contributed by atoms with Gasteiger partial charge in [-0.15, -0.1) is 0 Å². The van der Waals surface area contributed by atoms with Crippen LogP contribution in [0.25, 0.3) is 0 Å². The standard InChI is InChI=1S/C11H5F2NO/c12-10-5-4-8(3-1-2-6-14)11(13)9(10)7-15/h4-5,7H,2H2. The molecule has 0 bridgehead atoms. The smallest absolute Gasteiger partial charge is 0.156 e. The number of rotatable bonds is 1. The van der Waals surface area contributed by atoms with Crippen LogP contribution in [0.5, 0.6) is 0 Å². The molecule has 0 N–H and O–H groups in total. The molecule has 0 fully saturated rings. The van der Waals surface area contributed by atoms with Gasteiger partial charge in [-0.1, -0.05) is 11.8 Å². The molecule has 1 aromatic rings.